The van der Waals surface area contributed by atoms with Crippen LogP contribution in [0.3, 0.4) is 0 Å². The average molecular weight is 381 g/mol. The topological polar surface area (TPSA) is 48.0 Å². The SMILES string of the molecule is COc1cc2c3c(c1OC)-c1ccccc1C[C@H]3N(C(=O)OC(C)(C)C)CC2. The Bertz CT molecular complexity index is 929. The van der Waals surface area contributed by atoms with Crippen LogP contribution in [0.1, 0.15) is 43.5 Å². The summed E-state index contributed by atoms with van der Waals surface area (Å²) in [6.45, 7) is 6.33. The van der Waals surface area contributed by atoms with Crippen LogP contribution in [0, 0.1) is 0 Å². The lowest BCUT2D eigenvalue weighted by molar-refractivity contribution is 0.0140. The highest BCUT2D eigenvalue weighted by atomic mass is 16.6. The first kappa shape index (κ1) is 18.7. The minimum Gasteiger partial charge on any atom is -0.493 e. The summed E-state index contributed by atoms with van der Waals surface area (Å²) in [5.74, 6) is 1.46. The molecule has 4 rings (SSSR count). The van der Waals surface area contributed by atoms with Crippen molar-refractivity contribution < 1.29 is 19.0 Å². The minimum atomic E-state index is -0.523. The standard InChI is InChI=1S/C23H27NO4/c1-23(2,3)28-22(25)24-11-10-15-13-18(26-4)21(27-5)20-16-9-7-6-8-14(16)12-17(24)19(15)20/h6-9,13,17H,10-12H2,1-5H3/t17-/m1/s1. The van der Waals surface area contributed by atoms with Crippen LogP contribution in [0.25, 0.3) is 11.1 Å². The van der Waals surface area contributed by atoms with E-state index in [4.69, 9.17) is 14.2 Å². The fourth-order valence-corrected chi connectivity index (χ4v) is 4.37. The van der Waals surface area contributed by atoms with Crippen molar-refractivity contribution in [1.29, 1.82) is 0 Å². The zero-order valence-corrected chi connectivity index (χ0v) is 17.2. The van der Waals surface area contributed by atoms with Crippen molar-refractivity contribution in [1.82, 2.24) is 4.90 Å². The van der Waals surface area contributed by atoms with Crippen LogP contribution in [0.15, 0.2) is 30.3 Å². The van der Waals surface area contributed by atoms with Crippen LogP contribution in [0.2, 0.25) is 0 Å². The Morgan fingerprint density at radius 3 is 2.54 bits per heavy atom. The summed E-state index contributed by atoms with van der Waals surface area (Å²) < 4.78 is 17.1. The Kier molecular flexibility index (Phi) is 4.48. The third-order valence-electron chi connectivity index (χ3n) is 5.45. The normalized spacial score (nSPS) is 17.5. The highest BCUT2D eigenvalue weighted by molar-refractivity contribution is 5.84. The van der Waals surface area contributed by atoms with Gasteiger partial charge in [0.05, 0.1) is 20.3 Å². The van der Waals surface area contributed by atoms with Gasteiger partial charge in [0.2, 0.25) is 0 Å². The molecule has 0 spiro atoms. The predicted octanol–water partition coefficient (Wildman–Crippen LogP) is 4.76. The maximum absolute atomic E-state index is 13.0. The molecule has 5 heteroatoms. The van der Waals surface area contributed by atoms with E-state index in [9.17, 15) is 4.79 Å². The fraction of sp³-hybridized carbons (Fsp3) is 0.435. The fourth-order valence-electron chi connectivity index (χ4n) is 4.37. The smallest absolute Gasteiger partial charge is 0.410 e. The number of fused-ring (bicyclic) bond motifs is 2. The van der Waals surface area contributed by atoms with Crippen LogP contribution < -0.4 is 9.47 Å². The Morgan fingerprint density at radius 1 is 1.11 bits per heavy atom. The number of methoxy groups -OCH3 is 2. The number of amides is 1. The molecule has 0 fully saturated rings. The number of carbonyl (C=O) groups excluding carboxylic acids is 1. The molecule has 1 heterocycles. The number of benzene rings is 2. The van der Waals surface area contributed by atoms with Crippen molar-refractivity contribution in [3.63, 3.8) is 0 Å². The third-order valence-corrected chi connectivity index (χ3v) is 5.45. The van der Waals surface area contributed by atoms with E-state index in [0.717, 1.165) is 41.0 Å². The summed E-state index contributed by atoms with van der Waals surface area (Å²) in [6, 6.07) is 10.3. The molecular weight excluding hydrogens is 354 g/mol. The van der Waals surface area contributed by atoms with Gasteiger partial charge in [-0.15, -0.1) is 0 Å². The highest BCUT2D eigenvalue weighted by Crippen LogP contribution is 2.52. The molecule has 2 aromatic rings. The van der Waals surface area contributed by atoms with Gasteiger partial charge in [-0.05, 0) is 61.9 Å². The van der Waals surface area contributed by atoms with Crippen molar-refractivity contribution >= 4 is 6.09 Å². The van der Waals surface area contributed by atoms with Gasteiger partial charge in [0.25, 0.3) is 0 Å². The van der Waals surface area contributed by atoms with Crippen molar-refractivity contribution in [2.75, 3.05) is 20.8 Å². The molecule has 1 aliphatic heterocycles. The lowest BCUT2D eigenvalue weighted by atomic mass is 9.76. The molecule has 148 valence electrons. The number of nitrogens with zero attached hydrogens (tertiary/aromatic N) is 1. The molecule has 0 saturated carbocycles. The van der Waals surface area contributed by atoms with Crippen LogP contribution in [-0.2, 0) is 17.6 Å². The number of ether oxygens (including phenoxy) is 3. The number of hydrogen-bond acceptors (Lipinski definition) is 4. The van der Waals surface area contributed by atoms with Gasteiger partial charge >= 0.3 is 6.09 Å². The Hall–Kier alpha value is -2.69. The Balaban J connectivity index is 1.90. The highest BCUT2D eigenvalue weighted by Gasteiger charge is 2.40. The molecule has 0 N–H and O–H groups in total. The number of rotatable bonds is 2. The van der Waals surface area contributed by atoms with E-state index >= 15 is 0 Å². The van der Waals surface area contributed by atoms with E-state index in [1.165, 1.54) is 11.1 Å². The first-order valence-electron chi connectivity index (χ1n) is 9.69. The van der Waals surface area contributed by atoms with Gasteiger partial charge in [0, 0.05) is 12.1 Å². The predicted molar refractivity (Wildman–Crippen MR) is 108 cm³/mol. The summed E-state index contributed by atoms with van der Waals surface area (Å²) in [4.78, 5) is 14.8. The monoisotopic (exact) mass is 381 g/mol. The lowest BCUT2D eigenvalue weighted by Crippen LogP contribution is -2.44. The average Bonchev–Trinajstić information content (AvgIpc) is 2.66. The summed E-state index contributed by atoms with van der Waals surface area (Å²) >= 11 is 0. The molecule has 0 radical (unpaired) electrons. The van der Waals surface area contributed by atoms with Crippen molar-refractivity contribution in [3.05, 3.63) is 47.0 Å². The molecule has 2 aromatic carbocycles. The molecule has 0 aromatic heterocycles. The maximum Gasteiger partial charge on any atom is 0.410 e. The maximum atomic E-state index is 13.0. The minimum absolute atomic E-state index is 0.0664. The summed E-state index contributed by atoms with van der Waals surface area (Å²) in [5, 5.41) is 0. The van der Waals surface area contributed by atoms with Crippen molar-refractivity contribution in [2.45, 2.75) is 45.3 Å². The Labute approximate surface area is 166 Å². The molecule has 1 amide bonds. The summed E-state index contributed by atoms with van der Waals surface area (Å²) in [5.41, 5.74) is 5.24. The molecule has 5 nitrogen and oxygen atoms in total. The zero-order valence-electron chi connectivity index (χ0n) is 17.2. The van der Waals surface area contributed by atoms with Crippen LogP contribution in [0.4, 0.5) is 4.79 Å². The van der Waals surface area contributed by atoms with Crippen molar-refractivity contribution in [3.8, 4) is 22.6 Å². The van der Waals surface area contributed by atoms with E-state index in [2.05, 4.69) is 18.2 Å². The van der Waals surface area contributed by atoms with Gasteiger partial charge < -0.3 is 19.1 Å². The van der Waals surface area contributed by atoms with Crippen LogP contribution >= 0.6 is 0 Å². The number of hydrogen-bond donors (Lipinski definition) is 0. The van der Waals surface area contributed by atoms with E-state index in [-0.39, 0.29) is 12.1 Å². The van der Waals surface area contributed by atoms with Crippen LogP contribution in [0.5, 0.6) is 11.5 Å². The second-order valence-electron chi connectivity index (χ2n) is 8.36. The molecule has 2 aliphatic rings. The largest absolute Gasteiger partial charge is 0.493 e. The van der Waals surface area contributed by atoms with Gasteiger partial charge in [-0.3, -0.25) is 0 Å². The Morgan fingerprint density at radius 2 is 1.86 bits per heavy atom. The molecule has 0 saturated heterocycles. The third kappa shape index (κ3) is 2.99. The second-order valence-corrected chi connectivity index (χ2v) is 8.36. The molecule has 1 atom stereocenters. The summed E-state index contributed by atoms with van der Waals surface area (Å²) in [6.07, 6.45) is 1.27. The second kappa shape index (κ2) is 6.73. The van der Waals surface area contributed by atoms with Gasteiger partial charge in [-0.25, -0.2) is 4.79 Å². The van der Waals surface area contributed by atoms with Crippen molar-refractivity contribution in [2.24, 2.45) is 0 Å². The first-order chi connectivity index (χ1) is 13.3. The van der Waals surface area contributed by atoms with Gasteiger partial charge in [-0.1, -0.05) is 24.3 Å². The van der Waals surface area contributed by atoms with Gasteiger partial charge in [0.15, 0.2) is 11.5 Å². The number of carbonyl (C=O) groups is 1. The summed E-state index contributed by atoms with van der Waals surface area (Å²) in [7, 11) is 3.33. The lowest BCUT2D eigenvalue weighted by Gasteiger charge is -2.42. The quantitative estimate of drug-likeness (QED) is 0.752. The molecule has 28 heavy (non-hydrogen) atoms. The van der Waals surface area contributed by atoms with Crippen LogP contribution in [-0.4, -0.2) is 37.4 Å². The van der Waals surface area contributed by atoms with Gasteiger partial charge in [-0.2, -0.15) is 0 Å². The van der Waals surface area contributed by atoms with E-state index in [0.29, 0.717) is 6.54 Å². The van der Waals surface area contributed by atoms with E-state index < -0.39 is 5.60 Å². The first-order valence-corrected chi connectivity index (χ1v) is 9.69. The molecule has 0 unspecified atom stereocenters. The molecular formula is C23H27NO4. The zero-order chi connectivity index (χ0) is 20.1. The van der Waals surface area contributed by atoms with E-state index in [1.54, 1.807) is 14.2 Å². The van der Waals surface area contributed by atoms with Gasteiger partial charge in [0.1, 0.15) is 5.60 Å². The molecule has 0 bridgehead atoms. The molecule has 1 aliphatic carbocycles. The van der Waals surface area contributed by atoms with E-state index in [1.807, 2.05) is 37.8 Å².